The molecule has 1 saturated heterocycles. The first-order valence-corrected chi connectivity index (χ1v) is 4.20. The van der Waals surface area contributed by atoms with E-state index in [0.717, 1.165) is 13.1 Å². The van der Waals surface area contributed by atoms with Crippen molar-refractivity contribution < 1.29 is 4.79 Å². The monoisotopic (exact) mass is 178 g/mol. The van der Waals surface area contributed by atoms with Crippen LogP contribution in [0.25, 0.3) is 0 Å². The first-order chi connectivity index (χ1) is 6.33. The molecule has 13 heavy (non-hydrogen) atoms. The average molecular weight is 178 g/mol. The summed E-state index contributed by atoms with van der Waals surface area (Å²) < 4.78 is 1.61. The number of hydrogen-bond acceptors (Lipinski definition) is 3. The Bertz CT molecular complexity index is 379. The lowest BCUT2D eigenvalue weighted by Crippen LogP contribution is -2.47. The van der Waals surface area contributed by atoms with E-state index in [0.29, 0.717) is 6.29 Å². The number of carbonyl (C=O) groups is 1. The van der Waals surface area contributed by atoms with Crippen molar-refractivity contribution in [3.05, 3.63) is 34.2 Å². The Hall–Kier alpha value is -1.42. The largest absolute Gasteiger partial charge is 0.313 e. The van der Waals surface area contributed by atoms with Crippen LogP contribution in [0.1, 0.15) is 16.4 Å². The fourth-order valence-corrected chi connectivity index (χ4v) is 1.37. The SMILES string of the molecule is O=Cc1cccn(C2CNC2)c1=O. The fourth-order valence-electron chi connectivity index (χ4n) is 1.37. The molecule has 0 aromatic carbocycles. The van der Waals surface area contributed by atoms with Crippen molar-refractivity contribution in [2.75, 3.05) is 13.1 Å². The third-order valence-corrected chi connectivity index (χ3v) is 2.28. The second kappa shape index (κ2) is 3.14. The van der Waals surface area contributed by atoms with Crippen molar-refractivity contribution in [3.8, 4) is 0 Å². The molecule has 1 aliphatic heterocycles. The quantitative estimate of drug-likeness (QED) is 0.638. The summed E-state index contributed by atoms with van der Waals surface area (Å²) >= 11 is 0. The molecule has 1 aromatic heterocycles. The van der Waals surface area contributed by atoms with E-state index in [1.165, 1.54) is 6.07 Å². The van der Waals surface area contributed by atoms with E-state index in [1.807, 2.05) is 0 Å². The highest BCUT2D eigenvalue weighted by Crippen LogP contribution is 2.07. The van der Waals surface area contributed by atoms with Gasteiger partial charge in [0.1, 0.15) is 0 Å². The summed E-state index contributed by atoms with van der Waals surface area (Å²) in [5, 5.41) is 3.08. The summed E-state index contributed by atoms with van der Waals surface area (Å²) in [6, 6.07) is 3.48. The van der Waals surface area contributed by atoms with Gasteiger partial charge in [0.2, 0.25) is 0 Å². The van der Waals surface area contributed by atoms with Gasteiger partial charge in [-0.25, -0.2) is 0 Å². The molecule has 2 rings (SSSR count). The molecule has 0 unspecified atom stereocenters. The van der Waals surface area contributed by atoms with Crippen molar-refractivity contribution in [2.24, 2.45) is 0 Å². The molecule has 0 spiro atoms. The molecule has 0 amide bonds. The van der Waals surface area contributed by atoms with Crippen molar-refractivity contribution in [1.29, 1.82) is 0 Å². The minimum Gasteiger partial charge on any atom is -0.313 e. The van der Waals surface area contributed by atoms with E-state index in [1.54, 1.807) is 16.8 Å². The first-order valence-electron chi connectivity index (χ1n) is 4.20. The minimum atomic E-state index is -0.191. The van der Waals surface area contributed by atoms with Crippen LogP contribution in [0.15, 0.2) is 23.1 Å². The highest BCUT2D eigenvalue weighted by Gasteiger charge is 2.19. The van der Waals surface area contributed by atoms with Crippen molar-refractivity contribution >= 4 is 6.29 Å². The topological polar surface area (TPSA) is 51.1 Å². The normalized spacial score (nSPS) is 16.6. The lowest BCUT2D eigenvalue weighted by molar-refractivity contribution is 0.112. The second-order valence-corrected chi connectivity index (χ2v) is 3.11. The molecule has 0 saturated carbocycles. The predicted octanol–water partition coefficient (Wildman–Crippen LogP) is -0.195. The molecule has 1 aromatic rings. The van der Waals surface area contributed by atoms with Crippen LogP contribution in [0.2, 0.25) is 0 Å². The molecule has 0 atom stereocenters. The van der Waals surface area contributed by atoms with Gasteiger partial charge >= 0.3 is 0 Å². The predicted molar refractivity (Wildman–Crippen MR) is 48.0 cm³/mol. The molecule has 1 fully saturated rings. The Morgan fingerprint density at radius 2 is 2.31 bits per heavy atom. The number of carbonyl (C=O) groups excluding carboxylic acids is 1. The summed E-state index contributed by atoms with van der Waals surface area (Å²) in [6.45, 7) is 1.62. The molecule has 2 heterocycles. The third-order valence-electron chi connectivity index (χ3n) is 2.28. The summed E-state index contributed by atoms with van der Waals surface area (Å²) in [5.41, 5.74) is 0.0402. The van der Waals surface area contributed by atoms with Gasteiger partial charge < -0.3 is 9.88 Å². The van der Waals surface area contributed by atoms with Gasteiger partial charge in [0.25, 0.3) is 5.56 Å². The van der Waals surface area contributed by atoms with E-state index in [-0.39, 0.29) is 17.2 Å². The fraction of sp³-hybridized carbons (Fsp3) is 0.333. The van der Waals surface area contributed by atoms with Gasteiger partial charge in [-0.15, -0.1) is 0 Å². The minimum absolute atomic E-state index is 0.191. The Morgan fingerprint density at radius 3 is 2.85 bits per heavy atom. The molecule has 68 valence electrons. The molecule has 4 heteroatoms. The zero-order valence-electron chi connectivity index (χ0n) is 7.06. The van der Waals surface area contributed by atoms with Crippen LogP contribution < -0.4 is 10.9 Å². The van der Waals surface area contributed by atoms with Gasteiger partial charge in [0.15, 0.2) is 6.29 Å². The van der Waals surface area contributed by atoms with Gasteiger partial charge in [-0.05, 0) is 12.1 Å². The number of aldehydes is 1. The van der Waals surface area contributed by atoms with Gasteiger partial charge in [-0.3, -0.25) is 9.59 Å². The number of nitrogens with zero attached hydrogens (tertiary/aromatic N) is 1. The van der Waals surface area contributed by atoms with Gasteiger partial charge in [-0.2, -0.15) is 0 Å². The Morgan fingerprint density at radius 1 is 1.54 bits per heavy atom. The maximum Gasteiger partial charge on any atom is 0.261 e. The zero-order chi connectivity index (χ0) is 9.26. The number of rotatable bonds is 2. The van der Waals surface area contributed by atoms with Gasteiger partial charge in [0, 0.05) is 19.3 Å². The van der Waals surface area contributed by atoms with E-state index < -0.39 is 0 Å². The Labute approximate surface area is 75.2 Å². The number of aromatic nitrogens is 1. The molecule has 4 nitrogen and oxygen atoms in total. The summed E-state index contributed by atoms with van der Waals surface area (Å²) in [4.78, 5) is 22.0. The molecule has 0 radical (unpaired) electrons. The molecule has 0 bridgehead atoms. The average Bonchev–Trinajstić information content (AvgIpc) is 2.05. The maximum atomic E-state index is 11.5. The molecule has 1 aliphatic rings. The number of nitrogens with one attached hydrogen (secondary N) is 1. The first kappa shape index (κ1) is 8.19. The molecular formula is C9H10N2O2. The highest BCUT2D eigenvalue weighted by molar-refractivity contribution is 5.73. The Kier molecular flexibility index (Phi) is 1.98. The van der Waals surface area contributed by atoms with Crippen molar-refractivity contribution in [3.63, 3.8) is 0 Å². The van der Waals surface area contributed by atoms with Crippen LogP contribution in [-0.4, -0.2) is 23.9 Å². The molecular weight excluding hydrogens is 168 g/mol. The van der Waals surface area contributed by atoms with E-state index in [2.05, 4.69) is 5.32 Å². The van der Waals surface area contributed by atoms with Crippen LogP contribution in [0.3, 0.4) is 0 Å². The summed E-state index contributed by atoms with van der Waals surface area (Å²) in [5.74, 6) is 0. The smallest absolute Gasteiger partial charge is 0.261 e. The van der Waals surface area contributed by atoms with Crippen LogP contribution in [-0.2, 0) is 0 Å². The lowest BCUT2D eigenvalue weighted by Gasteiger charge is -2.29. The van der Waals surface area contributed by atoms with E-state index in [9.17, 15) is 9.59 Å². The van der Waals surface area contributed by atoms with Crippen LogP contribution in [0.5, 0.6) is 0 Å². The summed E-state index contributed by atoms with van der Waals surface area (Å²) in [6.07, 6.45) is 2.33. The van der Waals surface area contributed by atoms with Crippen molar-refractivity contribution in [1.82, 2.24) is 9.88 Å². The second-order valence-electron chi connectivity index (χ2n) is 3.11. The summed E-state index contributed by atoms with van der Waals surface area (Å²) in [7, 11) is 0. The Balaban J connectivity index is 2.45. The van der Waals surface area contributed by atoms with Gasteiger partial charge in [0.05, 0.1) is 11.6 Å². The third kappa shape index (κ3) is 1.29. The maximum absolute atomic E-state index is 11.5. The standard InChI is InChI=1S/C9H10N2O2/c12-6-7-2-1-3-11(9(7)13)8-4-10-5-8/h1-3,6,8,10H,4-5H2. The number of hydrogen-bond donors (Lipinski definition) is 1. The van der Waals surface area contributed by atoms with E-state index in [4.69, 9.17) is 0 Å². The van der Waals surface area contributed by atoms with E-state index >= 15 is 0 Å². The van der Waals surface area contributed by atoms with Crippen LogP contribution in [0, 0.1) is 0 Å². The van der Waals surface area contributed by atoms with Crippen LogP contribution >= 0.6 is 0 Å². The highest BCUT2D eigenvalue weighted by atomic mass is 16.1. The zero-order valence-corrected chi connectivity index (χ0v) is 7.06. The van der Waals surface area contributed by atoms with Gasteiger partial charge in [-0.1, -0.05) is 0 Å². The molecule has 0 aliphatic carbocycles. The lowest BCUT2D eigenvalue weighted by atomic mass is 10.1. The van der Waals surface area contributed by atoms with Crippen molar-refractivity contribution in [2.45, 2.75) is 6.04 Å². The molecule has 1 N–H and O–H groups in total. The number of pyridine rings is 1. The van der Waals surface area contributed by atoms with Crippen LogP contribution in [0.4, 0.5) is 0 Å².